The van der Waals surface area contributed by atoms with E-state index in [1.165, 1.54) is 0 Å². The van der Waals surface area contributed by atoms with Crippen molar-refractivity contribution in [2.45, 2.75) is 0 Å². The maximum Gasteiger partial charge on any atom is 0.175 e. The van der Waals surface area contributed by atoms with E-state index in [0.717, 1.165) is 11.4 Å². The van der Waals surface area contributed by atoms with Crippen molar-refractivity contribution in [1.29, 1.82) is 0 Å². The summed E-state index contributed by atoms with van der Waals surface area (Å²) in [5.41, 5.74) is 8.10. The smallest absolute Gasteiger partial charge is 0.175 e. The first-order valence-electron chi connectivity index (χ1n) is 5.32. The summed E-state index contributed by atoms with van der Waals surface area (Å²) >= 11 is 11.0. The molecule has 2 aromatic carbocycles. The minimum Gasteiger partial charge on any atom is -0.399 e. The number of nitrogens with two attached hydrogens (primary N) is 1. The molecule has 18 heavy (non-hydrogen) atoms. The molecule has 92 valence electrons. The Labute approximate surface area is 116 Å². The molecule has 5 heteroatoms. The van der Waals surface area contributed by atoms with E-state index >= 15 is 0 Å². The summed E-state index contributed by atoms with van der Waals surface area (Å²) in [6, 6.07) is 14.7. The van der Waals surface area contributed by atoms with E-state index in [1.54, 1.807) is 12.1 Å². The Morgan fingerprint density at radius 3 is 2.33 bits per heavy atom. The second-order valence-electron chi connectivity index (χ2n) is 3.71. The number of nitrogen functional groups attached to an aromatic ring is 1. The number of nitrogens with one attached hydrogen (secondary N) is 2. The molecule has 0 fully saturated rings. The molecule has 4 N–H and O–H groups in total. The molecule has 0 atom stereocenters. The number of rotatable bonds is 2. The normalized spacial score (nSPS) is 9.83. The molecule has 0 spiro atoms. The van der Waals surface area contributed by atoms with Crippen LogP contribution in [0.2, 0.25) is 5.02 Å². The molecule has 0 saturated carbocycles. The van der Waals surface area contributed by atoms with Crippen molar-refractivity contribution in [3.05, 3.63) is 53.6 Å². The summed E-state index contributed by atoms with van der Waals surface area (Å²) in [5, 5.41) is 7.30. The topological polar surface area (TPSA) is 50.1 Å². The Hall–Kier alpha value is -1.78. The van der Waals surface area contributed by atoms with Gasteiger partial charge in [-0.15, -0.1) is 0 Å². The van der Waals surface area contributed by atoms with Crippen LogP contribution in [0.4, 0.5) is 17.1 Å². The minimum atomic E-state index is 0.503. The number of anilines is 3. The fourth-order valence-electron chi connectivity index (χ4n) is 1.44. The van der Waals surface area contributed by atoms with Crippen LogP contribution in [0.1, 0.15) is 0 Å². The maximum atomic E-state index is 5.81. The van der Waals surface area contributed by atoms with Gasteiger partial charge in [0.15, 0.2) is 5.11 Å². The van der Waals surface area contributed by atoms with Crippen LogP contribution in [0.3, 0.4) is 0 Å². The third-order valence-electron chi connectivity index (χ3n) is 2.25. The number of hydrogen-bond donors (Lipinski definition) is 3. The summed E-state index contributed by atoms with van der Waals surface area (Å²) in [7, 11) is 0. The lowest BCUT2D eigenvalue weighted by Crippen LogP contribution is -2.18. The monoisotopic (exact) mass is 277 g/mol. The SMILES string of the molecule is Nc1cccc(NC(=S)Nc2ccc(Cl)cc2)c1. The molecular formula is C13H12ClN3S. The van der Waals surface area contributed by atoms with Gasteiger partial charge in [-0.05, 0) is 54.7 Å². The van der Waals surface area contributed by atoms with Crippen LogP contribution >= 0.6 is 23.8 Å². The number of hydrogen-bond acceptors (Lipinski definition) is 2. The highest BCUT2D eigenvalue weighted by Crippen LogP contribution is 2.15. The molecule has 0 aromatic heterocycles. The lowest BCUT2D eigenvalue weighted by molar-refractivity contribution is 1.59. The van der Waals surface area contributed by atoms with Crippen LogP contribution in [-0.4, -0.2) is 5.11 Å². The van der Waals surface area contributed by atoms with Crippen molar-refractivity contribution in [1.82, 2.24) is 0 Å². The van der Waals surface area contributed by atoms with Crippen LogP contribution in [0, 0.1) is 0 Å². The molecule has 2 aromatic rings. The zero-order valence-electron chi connectivity index (χ0n) is 9.48. The van der Waals surface area contributed by atoms with Gasteiger partial charge in [0.05, 0.1) is 0 Å². The molecule has 0 saturated heterocycles. The zero-order valence-corrected chi connectivity index (χ0v) is 11.1. The highest BCUT2D eigenvalue weighted by atomic mass is 35.5. The van der Waals surface area contributed by atoms with E-state index in [4.69, 9.17) is 29.6 Å². The van der Waals surface area contributed by atoms with Crippen LogP contribution < -0.4 is 16.4 Å². The molecule has 0 bridgehead atoms. The molecule has 0 aliphatic carbocycles. The Bertz CT molecular complexity index is 554. The largest absolute Gasteiger partial charge is 0.399 e. The van der Waals surface area contributed by atoms with Gasteiger partial charge in [-0.3, -0.25) is 0 Å². The van der Waals surface area contributed by atoms with Crippen molar-refractivity contribution >= 4 is 46.0 Å². The van der Waals surface area contributed by atoms with Crippen LogP contribution in [-0.2, 0) is 0 Å². The van der Waals surface area contributed by atoms with E-state index in [1.807, 2.05) is 36.4 Å². The lowest BCUT2D eigenvalue weighted by Gasteiger charge is -2.10. The van der Waals surface area contributed by atoms with Crippen molar-refractivity contribution in [3.63, 3.8) is 0 Å². The molecule has 0 radical (unpaired) electrons. The predicted octanol–water partition coefficient (Wildman–Crippen LogP) is 3.73. The lowest BCUT2D eigenvalue weighted by atomic mass is 10.3. The van der Waals surface area contributed by atoms with Gasteiger partial charge in [0.2, 0.25) is 0 Å². The van der Waals surface area contributed by atoms with Crippen molar-refractivity contribution in [2.75, 3.05) is 16.4 Å². The van der Waals surface area contributed by atoms with Crippen LogP contribution in [0.5, 0.6) is 0 Å². The average Bonchev–Trinajstić information content (AvgIpc) is 2.32. The number of thiocarbonyl (C=S) groups is 1. The predicted molar refractivity (Wildman–Crippen MR) is 82.1 cm³/mol. The molecule has 3 nitrogen and oxygen atoms in total. The van der Waals surface area contributed by atoms with Gasteiger partial charge in [0, 0.05) is 22.1 Å². The van der Waals surface area contributed by atoms with E-state index < -0.39 is 0 Å². The highest BCUT2D eigenvalue weighted by Gasteiger charge is 1.99. The average molecular weight is 278 g/mol. The van der Waals surface area contributed by atoms with Gasteiger partial charge in [-0.25, -0.2) is 0 Å². The summed E-state index contributed by atoms with van der Waals surface area (Å²) in [6.45, 7) is 0. The fraction of sp³-hybridized carbons (Fsp3) is 0. The number of halogens is 1. The number of benzene rings is 2. The quantitative estimate of drug-likeness (QED) is 0.578. The van der Waals surface area contributed by atoms with Gasteiger partial charge in [0.25, 0.3) is 0 Å². The molecule has 0 unspecified atom stereocenters. The van der Waals surface area contributed by atoms with Gasteiger partial charge >= 0.3 is 0 Å². The summed E-state index contributed by atoms with van der Waals surface area (Å²) in [5.74, 6) is 0. The van der Waals surface area contributed by atoms with Crippen LogP contribution in [0.25, 0.3) is 0 Å². The third kappa shape index (κ3) is 3.61. The van der Waals surface area contributed by atoms with Gasteiger partial charge in [-0.2, -0.15) is 0 Å². The second kappa shape index (κ2) is 5.71. The van der Waals surface area contributed by atoms with Crippen LogP contribution in [0.15, 0.2) is 48.5 Å². The first-order chi connectivity index (χ1) is 8.63. The first kappa shape index (κ1) is 12.7. The Kier molecular flexibility index (Phi) is 4.02. The minimum absolute atomic E-state index is 0.503. The Morgan fingerprint density at radius 1 is 1.00 bits per heavy atom. The fourth-order valence-corrected chi connectivity index (χ4v) is 1.80. The van der Waals surface area contributed by atoms with Gasteiger partial charge in [0.1, 0.15) is 0 Å². The van der Waals surface area contributed by atoms with E-state index in [0.29, 0.717) is 15.8 Å². The Morgan fingerprint density at radius 2 is 1.67 bits per heavy atom. The summed E-state index contributed by atoms with van der Waals surface area (Å²) in [4.78, 5) is 0. The first-order valence-corrected chi connectivity index (χ1v) is 6.11. The van der Waals surface area contributed by atoms with Crippen molar-refractivity contribution in [2.24, 2.45) is 0 Å². The van der Waals surface area contributed by atoms with E-state index in [-0.39, 0.29) is 0 Å². The molecule has 0 aliphatic heterocycles. The molecule has 0 aliphatic rings. The van der Waals surface area contributed by atoms with Gasteiger partial charge in [-0.1, -0.05) is 17.7 Å². The molecule has 0 heterocycles. The maximum absolute atomic E-state index is 5.81. The summed E-state index contributed by atoms with van der Waals surface area (Å²) in [6.07, 6.45) is 0. The van der Waals surface area contributed by atoms with Crippen molar-refractivity contribution < 1.29 is 0 Å². The highest BCUT2D eigenvalue weighted by molar-refractivity contribution is 7.80. The van der Waals surface area contributed by atoms with E-state index in [2.05, 4.69) is 10.6 Å². The van der Waals surface area contributed by atoms with Gasteiger partial charge < -0.3 is 16.4 Å². The zero-order chi connectivity index (χ0) is 13.0. The van der Waals surface area contributed by atoms with E-state index in [9.17, 15) is 0 Å². The van der Waals surface area contributed by atoms with Crippen molar-refractivity contribution in [3.8, 4) is 0 Å². The molecule has 0 amide bonds. The standard InChI is InChI=1S/C13H12ClN3S/c14-9-4-6-11(7-5-9)16-13(18)17-12-3-1-2-10(15)8-12/h1-8H,15H2,(H2,16,17,18). The Balaban J connectivity index is 1.98. The molecular weight excluding hydrogens is 266 g/mol. The third-order valence-corrected chi connectivity index (χ3v) is 2.70. The summed E-state index contributed by atoms with van der Waals surface area (Å²) < 4.78 is 0. The second-order valence-corrected chi connectivity index (χ2v) is 4.56. The molecule has 2 rings (SSSR count).